The highest BCUT2D eigenvalue weighted by Gasteiger charge is 2.14. The summed E-state index contributed by atoms with van der Waals surface area (Å²) in [6.07, 6.45) is 4.67. The van der Waals surface area contributed by atoms with Gasteiger partial charge in [0.25, 0.3) is 0 Å². The van der Waals surface area contributed by atoms with Gasteiger partial charge in [-0.05, 0) is 49.9 Å². The molecule has 0 amide bonds. The van der Waals surface area contributed by atoms with Gasteiger partial charge in [0.05, 0.1) is 13.0 Å². The normalized spacial score (nSPS) is 14.1. The fourth-order valence-electron chi connectivity index (χ4n) is 2.61. The van der Waals surface area contributed by atoms with Crippen molar-refractivity contribution < 1.29 is 14.7 Å². The molecule has 0 heterocycles. The first-order valence-corrected chi connectivity index (χ1v) is 7.11. The summed E-state index contributed by atoms with van der Waals surface area (Å²) in [6.45, 7) is 0.665. The molecular weight excluding hydrogens is 254 g/mol. The minimum Gasteiger partial charge on any atom is -0.481 e. The zero-order valence-electron chi connectivity index (χ0n) is 11.9. The predicted octanol–water partition coefficient (Wildman–Crippen LogP) is 2.15. The molecule has 1 aliphatic rings. The number of ketones is 1. The SMILES string of the molecule is CN(CCC(=O)O)CC(=O)c1ccc2c(c1)CCCC2. The Balaban J connectivity index is 1.97. The third-order valence-corrected chi connectivity index (χ3v) is 3.79. The molecule has 0 aromatic heterocycles. The minimum absolute atomic E-state index is 0.0614. The molecule has 4 heteroatoms. The Kier molecular flexibility index (Phi) is 4.90. The highest BCUT2D eigenvalue weighted by molar-refractivity contribution is 5.97. The number of carboxylic acids is 1. The summed E-state index contributed by atoms with van der Waals surface area (Å²) in [6, 6.07) is 5.98. The van der Waals surface area contributed by atoms with Gasteiger partial charge in [-0.1, -0.05) is 12.1 Å². The van der Waals surface area contributed by atoms with E-state index in [1.807, 2.05) is 12.1 Å². The van der Waals surface area contributed by atoms with Crippen molar-refractivity contribution in [2.75, 3.05) is 20.1 Å². The smallest absolute Gasteiger partial charge is 0.304 e. The Bertz CT molecular complexity index is 510. The van der Waals surface area contributed by atoms with Crippen molar-refractivity contribution in [3.63, 3.8) is 0 Å². The van der Waals surface area contributed by atoms with Gasteiger partial charge in [-0.15, -0.1) is 0 Å². The number of nitrogens with zero attached hydrogens (tertiary/aromatic N) is 1. The summed E-state index contributed by atoms with van der Waals surface area (Å²) in [5, 5.41) is 8.63. The maximum atomic E-state index is 12.2. The Labute approximate surface area is 119 Å². The van der Waals surface area contributed by atoms with Crippen LogP contribution in [-0.2, 0) is 17.6 Å². The highest BCUT2D eigenvalue weighted by Crippen LogP contribution is 2.22. The fourth-order valence-corrected chi connectivity index (χ4v) is 2.61. The number of hydrogen-bond donors (Lipinski definition) is 1. The highest BCUT2D eigenvalue weighted by atomic mass is 16.4. The molecule has 1 aliphatic carbocycles. The average Bonchev–Trinajstić information content (AvgIpc) is 2.44. The average molecular weight is 275 g/mol. The first-order chi connectivity index (χ1) is 9.56. The van der Waals surface area contributed by atoms with Crippen molar-refractivity contribution in [3.8, 4) is 0 Å². The number of benzene rings is 1. The van der Waals surface area contributed by atoms with E-state index >= 15 is 0 Å². The zero-order valence-corrected chi connectivity index (χ0v) is 11.9. The Hall–Kier alpha value is -1.68. The van der Waals surface area contributed by atoms with Gasteiger partial charge in [-0.25, -0.2) is 0 Å². The minimum atomic E-state index is -0.835. The predicted molar refractivity (Wildman–Crippen MR) is 77.2 cm³/mol. The number of aryl methyl sites for hydroxylation is 2. The lowest BCUT2D eigenvalue weighted by Gasteiger charge is -2.18. The van der Waals surface area contributed by atoms with E-state index in [1.54, 1.807) is 11.9 Å². The van der Waals surface area contributed by atoms with Crippen LogP contribution in [0, 0.1) is 0 Å². The standard InChI is InChI=1S/C16H21NO3/c1-17(9-8-16(19)20)11-15(18)14-7-6-12-4-2-3-5-13(12)10-14/h6-7,10H,2-5,8-9,11H2,1H3,(H,19,20). The van der Waals surface area contributed by atoms with Crippen LogP contribution < -0.4 is 0 Å². The number of carbonyl (C=O) groups excluding carboxylic acids is 1. The summed E-state index contributed by atoms with van der Waals surface area (Å²) >= 11 is 0. The second-order valence-electron chi connectivity index (χ2n) is 5.50. The second-order valence-corrected chi connectivity index (χ2v) is 5.50. The van der Waals surface area contributed by atoms with Crippen LogP contribution in [0.15, 0.2) is 18.2 Å². The molecule has 0 radical (unpaired) electrons. The van der Waals surface area contributed by atoms with Crippen molar-refractivity contribution in [1.82, 2.24) is 4.90 Å². The second kappa shape index (κ2) is 6.66. The maximum Gasteiger partial charge on any atom is 0.304 e. The lowest BCUT2D eigenvalue weighted by Crippen LogP contribution is -2.28. The zero-order chi connectivity index (χ0) is 14.5. The molecule has 0 atom stereocenters. The third kappa shape index (κ3) is 3.90. The van der Waals surface area contributed by atoms with Gasteiger partial charge in [0.15, 0.2) is 5.78 Å². The Morgan fingerprint density at radius 3 is 2.60 bits per heavy atom. The van der Waals surface area contributed by atoms with E-state index < -0.39 is 5.97 Å². The monoisotopic (exact) mass is 275 g/mol. The first-order valence-electron chi connectivity index (χ1n) is 7.11. The van der Waals surface area contributed by atoms with Crippen LogP contribution >= 0.6 is 0 Å². The largest absolute Gasteiger partial charge is 0.481 e. The molecule has 4 nitrogen and oxygen atoms in total. The van der Waals surface area contributed by atoms with Crippen molar-refractivity contribution in [2.45, 2.75) is 32.1 Å². The van der Waals surface area contributed by atoms with Gasteiger partial charge in [0, 0.05) is 12.1 Å². The van der Waals surface area contributed by atoms with Crippen molar-refractivity contribution >= 4 is 11.8 Å². The van der Waals surface area contributed by atoms with Gasteiger partial charge < -0.3 is 5.11 Å². The van der Waals surface area contributed by atoms with Crippen LogP contribution in [0.25, 0.3) is 0 Å². The Morgan fingerprint density at radius 2 is 1.90 bits per heavy atom. The molecule has 1 N–H and O–H groups in total. The lowest BCUT2D eigenvalue weighted by atomic mass is 9.90. The molecule has 20 heavy (non-hydrogen) atoms. The van der Waals surface area contributed by atoms with Crippen LogP contribution in [-0.4, -0.2) is 41.9 Å². The van der Waals surface area contributed by atoms with E-state index in [2.05, 4.69) is 6.07 Å². The molecule has 0 bridgehead atoms. The molecule has 0 fully saturated rings. The van der Waals surface area contributed by atoms with E-state index in [0.29, 0.717) is 6.54 Å². The number of fused-ring (bicyclic) bond motifs is 1. The van der Waals surface area contributed by atoms with Gasteiger partial charge in [0.1, 0.15) is 0 Å². The van der Waals surface area contributed by atoms with Crippen LogP contribution in [0.2, 0.25) is 0 Å². The molecule has 2 rings (SSSR count). The number of Topliss-reactive ketones (excluding diaryl/α,β-unsaturated/α-hetero) is 1. The molecule has 1 aromatic rings. The number of carboxylic acid groups (broad SMARTS) is 1. The van der Waals surface area contributed by atoms with E-state index in [0.717, 1.165) is 18.4 Å². The van der Waals surface area contributed by atoms with Crippen LogP contribution in [0.5, 0.6) is 0 Å². The number of hydrogen-bond acceptors (Lipinski definition) is 3. The summed E-state index contributed by atoms with van der Waals surface area (Å²) < 4.78 is 0. The van der Waals surface area contributed by atoms with E-state index in [1.165, 1.54) is 24.0 Å². The van der Waals surface area contributed by atoms with E-state index in [9.17, 15) is 9.59 Å². The number of carbonyl (C=O) groups is 2. The Morgan fingerprint density at radius 1 is 1.20 bits per heavy atom. The molecule has 0 saturated heterocycles. The van der Waals surface area contributed by atoms with Gasteiger partial charge >= 0.3 is 5.97 Å². The first kappa shape index (κ1) is 14.7. The molecular formula is C16H21NO3. The fraction of sp³-hybridized carbons (Fsp3) is 0.500. The summed E-state index contributed by atoms with van der Waals surface area (Å²) in [5.41, 5.74) is 3.41. The molecule has 0 unspecified atom stereocenters. The molecule has 0 saturated carbocycles. The van der Waals surface area contributed by atoms with Crippen LogP contribution in [0.4, 0.5) is 0 Å². The number of aliphatic carboxylic acids is 1. The lowest BCUT2D eigenvalue weighted by molar-refractivity contribution is -0.137. The number of rotatable bonds is 6. The van der Waals surface area contributed by atoms with Crippen molar-refractivity contribution in [1.29, 1.82) is 0 Å². The third-order valence-electron chi connectivity index (χ3n) is 3.79. The summed E-state index contributed by atoms with van der Waals surface area (Å²) in [5.74, 6) is -0.774. The molecule has 1 aromatic carbocycles. The van der Waals surface area contributed by atoms with Gasteiger partial charge in [-0.2, -0.15) is 0 Å². The van der Waals surface area contributed by atoms with Crippen LogP contribution in [0.1, 0.15) is 40.7 Å². The quantitative estimate of drug-likeness (QED) is 0.808. The van der Waals surface area contributed by atoms with Crippen molar-refractivity contribution in [2.24, 2.45) is 0 Å². The summed E-state index contributed by atoms with van der Waals surface area (Å²) in [7, 11) is 1.78. The van der Waals surface area contributed by atoms with Crippen molar-refractivity contribution in [3.05, 3.63) is 34.9 Å². The van der Waals surface area contributed by atoms with E-state index in [4.69, 9.17) is 5.11 Å². The summed E-state index contributed by atoms with van der Waals surface area (Å²) in [4.78, 5) is 24.5. The van der Waals surface area contributed by atoms with Crippen LogP contribution in [0.3, 0.4) is 0 Å². The molecule has 0 spiro atoms. The topological polar surface area (TPSA) is 57.6 Å². The van der Waals surface area contributed by atoms with Gasteiger partial charge in [0.2, 0.25) is 0 Å². The van der Waals surface area contributed by atoms with E-state index in [-0.39, 0.29) is 18.7 Å². The maximum absolute atomic E-state index is 12.2. The number of likely N-dealkylation sites (N-methyl/N-ethyl adjacent to an activating group) is 1. The molecule has 0 aliphatic heterocycles. The van der Waals surface area contributed by atoms with Gasteiger partial charge in [-0.3, -0.25) is 14.5 Å². The molecule has 108 valence electrons.